The van der Waals surface area contributed by atoms with Gasteiger partial charge in [0.05, 0.1) is 17.7 Å². The Morgan fingerprint density at radius 2 is 1.74 bits per heavy atom. The van der Waals surface area contributed by atoms with Crippen LogP contribution >= 0.6 is 23.2 Å². The summed E-state index contributed by atoms with van der Waals surface area (Å²) < 4.78 is 2.30. The van der Waals surface area contributed by atoms with Crippen LogP contribution in [0.3, 0.4) is 0 Å². The van der Waals surface area contributed by atoms with E-state index in [1.54, 1.807) is 0 Å². The van der Waals surface area contributed by atoms with Crippen LogP contribution in [-0.2, 0) is 24.4 Å². The number of carbonyl (C=O) groups is 1. The van der Waals surface area contributed by atoms with Crippen molar-refractivity contribution in [2.75, 3.05) is 39.3 Å². The lowest BCUT2D eigenvalue weighted by atomic mass is 10.0. The molecule has 10 heteroatoms. The fourth-order valence-electron chi connectivity index (χ4n) is 7.34. The average molecular weight is 657 g/mol. The highest BCUT2D eigenvalue weighted by molar-refractivity contribution is 6.36. The number of fused-ring (bicyclic) bond motifs is 3. The lowest BCUT2D eigenvalue weighted by molar-refractivity contribution is -0.123. The predicted octanol–water partition coefficient (Wildman–Crippen LogP) is 5.01. The molecule has 3 unspecified atom stereocenters. The zero-order valence-corrected chi connectivity index (χ0v) is 27.3. The van der Waals surface area contributed by atoms with E-state index >= 15 is 0 Å². The molecule has 2 bridgehead atoms. The number of likely N-dealkylation sites (tertiary alicyclic amines) is 2. The summed E-state index contributed by atoms with van der Waals surface area (Å²) in [5.74, 6) is 0.0545. The molecule has 3 aromatic carbocycles. The SMILES string of the molecule is N#Cc1ccc(-c2cn(CCCNC(=O)C3CNCCN3)c3ccc(CN4CC5CC4CN5Cc4c(Cl)cccc4Cl)cc23)cc1. The Hall–Kier alpha value is -3.42. The summed E-state index contributed by atoms with van der Waals surface area (Å²) in [6, 6.07) is 23.5. The Morgan fingerprint density at radius 3 is 2.43 bits per heavy atom. The molecule has 3 saturated heterocycles. The molecular formula is C36H39Cl2N7O. The summed E-state index contributed by atoms with van der Waals surface area (Å²) in [5.41, 5.74) is 6.41. The summed E-state index contributed by atoms with van der Waals surface area (Å²) in [7, 11) is 0. The lowest BCUT2D eigenvalue weighted by Crippen LogP contribution is -2.55. The number of amides is 1. The molecule has 0 spiro atoms. The van der Waals surface area contributed by atoms with E-state index in [0.29, 0.717) is 30.7 Å². The Morgan fingerprint density at radius 1 is 0.978 bits per heavy atom. The molecule has 3 aliphatic rings. The monoisotopic (exact) mass is 655 g/mol. The van der Waals surface area contributed by atoms with Gasteiger partial charge in [-0.05, 0) is 60.4 Å². The average Bonchev–Trinajstić information content (AvgIpc) is 3.78. The van der Waals surface area contributed by atoms with Gasteiger partial charge < -0.3 is 20.5 Å². The van der Waals surface area contributed by atoms with Crippen molar-refractivity contribution < 1.29 is 4.79 Å². The van der Waals surface area contributed by atoms with Crippen LogP contribution in [0.2, 0.25) is 10.0 Å². The first-order chi connectivity index (χ1) is 22.5. The zero-order chi connectivity index (χ0) is 31.6. The van der Waals surface area contributed by atoms with Crippen LogP contribution in [-0.4, -0.2) is 77.7 Å². The quantitative estimate of drug-likeness (QED) is 0.208. The van der Waals surface area contributed by atoms with E-state index in [0.717, 1.165) is 79.0 Å². The van der Waals surface area contributed by atoms with Crippen LogP contribution in [0.4, 0.5) is 0 Å². The summed E-state index contributed by atoms with van der Waals surface area (Å²) >= 11 is 13.0. The summed E-state index contributed by atoms with van der Waals surface area (Å²) in [6.45, 7) is 7.54. The normalized spacial score (nSPS) is 21.5. The lowest BCUT2D eigenvalue weighted by Gasteiger charge is -2.34. The molecule has 4 heterocycles. The Labute approximate surface area is 280 Å². The van der Waals surface area contributed by atoms with E-state index < -0.39 is 0 Å². The maximum absolute atomic E-state index is 12.6. The smallest absolute Gasteiger partial charge is 0.238 e. The molecule has 1 amide bonds. The third-order valence-electron chi connectivity index (χ3n) is 9.78. The molecule has 0 saturated carbocycles. The molecule has 0 radical (unpaired) electrons. The van der Waals surface area contributed by atoms with Crippen molar-refractivity contribution in [1.82, 2.24) is 30.3 Å². The van der Waals surface area contributed by atoms with Crippen molar-refractivity contribution in [1.29, 1.82) is 5.26 Å². The first kappa shape index (κ1) is 31.2. The molecule has 46 heavy (non-hydrogen) atoms. The number of nitriles is 1. The number of aryl methyl sites for hydroxylation is 1. The Kier molecular flexibility index (Phi) is 9.32. The molecular weight excluding hydrogens is 617 g/mol. The topological polar surface area (TPSA) is 88.4 Å². The second-order valence-corrected chi connectivity index (χ2v) is 13.5. The van der Waals surface area contributed by atoms with Gasteiger partial charge in [-0.2, -0.15) is 5.26 Å². The van der Waals surface area contributed by atoms with Gasteiger partial charge in [0.25, 0.3) is 0 Å². The van der Waals surface area contributed by atoms with Gasteiger partial charge in [-0.3, -0.25) is 14.6 Å². The van der Waals surface area contributed by atoms with Crippen molar-refractivity contribution in [3.05, 3.63) is 93.6 Å². The number of halogens is 2. The van der Waals surface area contributed by atoms with Gasteiger partial charge in [-0.25, -0.2) is 0 Å². The number of nitrogens with zero attached hydrogens (tertiary/aromatic N) is 4. The molecule has 7 rings (SSSR count). The van der Waals surface area contributed by atoms with Crippen LogP contribution in [0.25, 0.3) is 22.0 Å². The van der Waals surface area contributed by atoms with Crippen LogP contribution in [0, 0.1) is 11.3 Å². The highest BCUT2D eigenvalue weighted by Gasteiger charge is 2.43. The Bertz CT molecular complexity index is 1740. The van der Waals surface area contributed by atoms with E-state index in [2.05, 4.69) is 60.8 Å². The van der Waals surface area contributed by atoms with Gasteiger partial charge in [0.15, 0.2) is 0 Å². The largest absolute Gasteiger partial charge is 0.355 e. The van der Waals surface area contributed by atoms with Crippen molar-refractivity contribution in [3.8, 4) is 17.2 Å². The summed E-state index contributed by atoms with van der Waals surface area (Å²) in [4.78, 5) is 17.7. The van der Waals surface area contributed by atoms with Gasteiger partial charge in [0.2, 0.25) is 5.91 Å². The third-order valence-corrected chi connectivity index (χ3v) is 10.5. The van der Waals surface area contributed by atoms with Crippen molar-refractivity contribution >= 4 is 40.0 Å². The minimum atomic E-state index is -0.169. The van der Waals surface area contributed by atoms with E-state index in [1.807, 2.05) is 42.5 Å². The van der Waals surface area contributed by atoms with Crippen LogP contribution in [0.15, 0.2) is 66.9 Å². The first-order valence-electron chi connectivity index (χ1n) is 16.2. The maximum atomic E-state index is 12.6. The molecule has 4 aromatic rings. The standard InChI is InChI=1S/C36H39Cl2N7O/c37-32-3-1-4-33(38)31(32)23-45-21-27-16-28(45)20-44(27)19-25-7-10-35-29(15-25)30(26-8-5-24(17-39)6-9-26)22-43(35)14-2-11-42-36(46)34-18-40-12-13-41-34/h1,3-10,15,22,27-28,34,40-41H,2,11-14,16,18-21,23H2,(H,42,46). The van der Waals surface area contributed by atoms with Gasteiger partial charge in [-0.15, -0.1) is 0 Å². The minimum absolute atomic E-state index is 0.0545. The first-order valence-corrected chi connectivity index (χ1v) is 17.0. The molecule has 3 N–H and O–H groups in total. The summed E-state index contributed by atoms with van der Waals surface area (Å²) in [6.07, 6.45) is 4.22. The summed E-state index contributed by atoms with van der Waals surface area (Å²) in [5, 5.41) is 21.7. The van der Waals surface area contributed by atoms with Crippen molar-refractivity contribution in [3.63, 3.8) is 0 Å². The molecule has 0 aliphatic carbocycles. The number of nitrogens with one attached hydrogen (secondary N) is 3. The van der Waals surface area contributed by atoms with E-state index in [1.165, 1.54) is 22.9 Å². The van der Waals surface area contributed by atoms with Gasteiger partial charge in [0, 0.05) is 109 Å². The van der Waals surface area contributed by atoms with Crippen LogP contribution in [0.5, 0.6) is 0 Å². The van der Waals surface area contributed by atoms with Crippen LogP contribution in [0.1, 0.15) is 29.5 Å². The fourth-order valence-corrected chi connectivity index (χ4v) is 7.86. The predicted molar refractivity (Wildman–Crippen MR) is 184 cm³/mol. The molecule has 3 aliphatic heterocycles. The molecule has 3 atom stereocenters. The van der Waals surface area contributed by atoms with Gasteiger partial charge in [-0.1, -0.05) is 47.5 Å². The van der Waals surface area contributed by atoms with E-state index in [-0.39, 0.29) is 11.9 Å². The number of aromatic nitrogens is 1. The molecule has 1 aromatic heterocycles. The number of benzene rings is 3. The number of carbonyl (C=O) groups excluding carboxylic acids is 1. The highest BCUT2D eigenvalue weighted by atomic mass is 35.5. The molecule has 8 nitrogen and oxygen atoms in total. The molecule has 238 valence electrons. The van der Waals surface area contributed by atoms with E-state index in [4.69, 9.17) is 23.2 Å². The van der Waals surface area contributed by atoms with Gasteiger partial charge >= 0.3 is 0 Å². The fraction of sp³-hybridized carbons (Fsp3) is 0.389. The minimum Gasteiger partial charge on any atom is -0.355 e. The van der Waals surface area contributed by atoms with Gasteiger partial charge in [0.1, 0.15) is 0 Å². The van der Waals surface area contributed by atoms with Crippen LogP contribution < -0.4 is 16.0 Å². The van der Waals surface area contributed by atoms with Crippen molar-refractivity contribution in [2.45, 2.75) is 50.6 Å². The number of hydrogen-bond donors (Lipinski definition) is 3. The number of hydrogen-bond acceptors (Lipinski definition) is 6. The number of rotatable bonds is 10. The maximum Gasteiger partial charge on any atom is 0.238 e. The second-order valence-electron chi connectivity index (χ2n) is 12.7. The molecule has 3 fully saturated rings. The zero-order valence-electron chi connectivity index (χ0n) is 25.8. The third kappa shape index (κ3) is 6.54. The highest BCUT2D eigenvalue weighted by Crippen LogP contribution is 2.37. The Balaban J connectivity index is 1.05. The van der Waals surface area contributed by atoms with E-state index in [9.17, 15) is 10.1 Å². The second kappa shape index (κ2) is 13.7. The number of piperazine rings is 2. The van der Waals surface area contributed by atoms with Crippen molar-refractivity contribution in [2.24, 2.45) is 0 Å².